The quantitative estimate of drug-likeness (QED) is 0.543. The van der Waals surface area contributed by atoms with Crippen LogP contribution in [0, 0.1) is 0 Å². The zero-order chi connectivity index (χ0) is 14.9. The van der Waals surface area contributed by atoms with Crippen LogP contribution in [0.1, 0.15) is 11.1 Å². The van der Waals surface area contributed by atoms with E-state index in [1.807, 2.05) is 51.7 Å². The van der Waals surface area contributed by atoms with E-state index in [0.29, 0.717) is 18.5 Å². The summed E-state index contributed by atoms with van der Waals surface area (Å²) in [6.07, 6.45) is 9.27. The third-order valence-electron chi connectivity index (χ3n) is 3.66. The molecule has 4 aromatic heterocycles. The van der Waals surface area contributed by atoms with Crippen LogP contribution in [-0.2, 0) is 12.5 Å². The molecule has 4 aromatic rings. The van der Waals surface area contributed by atoms with Crippen molar-refractivity contribution < 1.29 is 4.74 Å². The van der Waals surface area contributed by atoms with E-state index < -0.39 is 0 Å². The van der Waals surface area contributed by atoms with Crippen molar-refractivity contribution in [2.75, 3.05) is 0 Å². The van der Waals surface area contributed by atoms with Gasteiger partial charge < -0.3 is 9.14 Å². The monoisotopic (exact) mass is 312 g/mol. The fourth-order valence-corrected chi connectivity index (χ4v) is 2.78. The summed E-state index contributed by atoms with van der Waals surface area (Å²) in [5, 5.41) is 0. The predicted octanol–water partition coefficient (Wildman–Crippen LogP) is 3.30. The van der Waals surface area contributed by atoms with Crippen LogP contribution in [0.2, 0.25) is 0 Å². The van der Waals surface area contributed by atoms with Crippen molar-refractivity contribution >= 4 is 22.6 Å². The number of rotatable bonds is 4. The van der Waals surface area contributed by atoms with E-state index >= 15 is 0 Å². The van der Waals surface area contributed by atoms with Crippen LogP contribution in [0.25, 0.3) is 11.0 Å². The van der Waals surface area contributed by atoms with E-state index in [1.165, 1.54) is 0 Å². The largest absolute Gasteiger partial charge is 0.459 e. The first-order chi connectivity index (χ1) is 10.9. The second kappa shape index (κ2) is 5.35. The third kappa shape index (κ3) is 2.10. The highest BCUT2D eigenvalue weighted by atomic mass is 35.5. The van der Waals surface area contributed by atoms with Gasteiger partial charge >= 0.3 is 6.01 Å². The van der Waals surface area contributed by atoms with Crippen LogP contribution >= 0.6 is 11.6 Å². The molecule has 0 N–H and O–H groups in total. The van der Waals surface area contributed by atoms with Crippen LogP contribution in [0.5, 0.6) is 6.01 Å². The lowest BCUT2D eigenvalue weighted by molar-refractivity contribution is 0.280. The fraction of sp³-hybridized carbons (Fsp3) is 0.125. The lowest BCUT2D eigenvalue weighted by Crippen LogP contribution is -2.01. The predicted molar refractivity (Wildman–Crippen MR) is 84.3 cm³/mol. The molecule has 0 fully saturated rings. The molecule has 0 spiro atoms. The molecule has 0 aliphatic carbocycles. The third-order valence-corrected chi connectivity index (χ3v) is 3.95. The lowest BCUT2D eigenvalue weighted by Gasteiger charge is -2.07. The summed E-state index contributed by atoms with van der Waals surface area (Å²) in [5.74, 6) is 0.449. The van der Waals surface area contributed by atoms with Gasteiger partial charge in [0.1, 0.15) is 6.61 Å². The van der Waals surface area contributed by atoms with Gasteiger partial charge in [0.2, 0.25) is 0 Å². The highest BCUT2D eigenvalue weighted by Crippen LogP contribution is 2.20. The fourth-order valence-electron chi connectivity index (χ4n) is 2.55. The van der Waals surface area contributed by atoms with E-state index in [2.05, 4.69) is 9.97 Å². The number of halogens is 1. The molecule has 0 bridgehead atoms. The van der Waals surface area contributed by atoms with Crippen molar-refractivity contribution in [1.82, 2.24) is 18.8 Å². The van der Waals surface area contributed by atoms with Gasteiger partial charge in [-0.1, -0.05) is 12.1 Å². The Kier molecular flexibility index (Phi) is 3.20. The Morgan fingerprint density at radius 2 is 1.91 bits per heavy atom. The second-order valence-corrected chi connectivity index (χ2v) is 5.24. The van der Waals surface area contributed by atoms with Crippen molar-refractivity contribution in [3.63, 3.8) is 0 Å². The molecule has 22 heavy (non-hydrogen) atoms. The molecule has 0 radical (unpaired) electrons. The van der Waals surface area contributed by atoms with Gasteiger partial charge in [-0.25, -0.2) is 9.97 Å². The first-order valence-electron chi connectivity index (χ1n) is 6.90. The van der Waals surface area contributed by atoms with Crippen molar-refractivity contribution in [3.8, 4) is 6.01 Å². The van der Waals surface area contributed by atoms with E-state index in [4.69, 9.17) is 16.3 Å². The first-order valence-corrected chi connectivity index (χ1v) is 7.43. The Morgan fingerprint density at radius 3 is 2.82 bits per heavy atom. The maximum absolute atomic E-state index is 5.95. The van der Waals surface area contributed by atoms with Gasteiger partial charge in [-0.3, -0.25) is 4.40 Å². The zero-order valence-electron chi connectivity index (χ0n) is 11.7. The average Bonchev–Trinajstić information content (AvgIpc) is 3.19. The Labute approximate surface area is 131 Å². The number of hydrogen-bond donors (Lipinski definition) is 0. The number of fused-ring (bicyclic) bond motifs is 2. The molecule has 110 valence electrons. The Morgan fingerprint density at radius 1 is 1.05 bits per heavy atom. The number of imidazole rings is 2. The number of alkyl halides is 1. The summed E-state index contributed by atoms with van der Waals surface area (Å²) in [5.41, 5.74) is 4.09. The summed E-state index contributed by atoms with van der Waals surface area (Å²) in [6.45, 7) is 0.431. The van der Waals surface area contributed by atoms with Gasteiger partial charge in [0.15, 0.2) is 0 Å². The Balaban J connectivity index is 1.66. The maximum atomic E-state index is 5.95. The summed E-state index contributed by atoms with van der Waals surface area (Å²) in [4.78, 5) is 8.50. The van der Waals surface area contributed by atoms with Crippen LogP contribution in [0.3, 0.4) is 0 Å². The summed E-state index contributed by atoms with van der Waals surface area (Å²) in [6, 6.07) is 8.49. The number of pyridine rings is 2. The zero-order valence-corrected chi connectivity index (χ0v) is 12.4. The van der Waals surface area contributed by atoms with Gasteiger partial charge in [-0.15, -0.1) is 11.6 Å². The molecule has 0 unspecified atom stereocenters. The molecule has 6 heteroatoms. The Hall–Kier alpha value is -2.53. The minimum absolute atomic E-state index is 0.431. The molecule has 0 atom stereocenters. The van der Waals surface area contributed by atoms with Crippen molar-refractivity contribution in [1.29, 1.82) is 0 Å². The summed E-state index contributed by atoms with van der Waals surface area (Å²) in [7, 11) is 0. The molecule has 0 aliphatic heterocycles. The highest BCUT2D eigenvalue weighted by molar-refractivity contribution is 6.17. The SMILES string of the molecule is ClCc1cccn2c(OCc3cccn4cncc34)ncc12. The number of hydrogen-bond acceptors (Lipinski definition) is 3. The van der Waals surface area contributed by atoms with Crippen molar-refractivity contribution in [2.45, 2.75) is 12.5 Å². The van der Waals surface area contributed by atoms with Gasteiger partial charge in [0, 0.05) is 23.8 Å². The highest BCUT2D eigenvalue weighted by Gasteiger charge is 2.09. The normalized spacial score (nSPS) is 11.3. The first kappa shape index (κ1) is 13.2. The molecule has 0 aromatic carbocycles. The van der Waals surface area contributed by atoms with Gasteiger partial charge in [0.05, 0.1) is 29.8 Å². The van der Waals surface area contributed by atoms with E-state index in [1.54, 1.807) is 12.5 Å². The molecule has 0 saturated heterocycles. The van der Waals surface area contributed by atoms with E-state index in [-0.39, 0.29) is 0 Å². The van der Waals surface area contributed by atoms with Crippen LogP contribution in [0.15, 0.2) is 55.4 Å². The van der Waals surface area contributed by atoms with Crippen molar-refractivity contribution in [2.24, 2.45) is 0 Å². The van der Waals surface area contributed by atoms with Gasteiger partial charge in [-0.2, -0.15) is 0 Å². The number of aromatic nitrogens is 4. The van der Waals surface area contributed by atoms with Gasteiger partial charge in [0.25, 0.3) is 0 Å². The summed E-state index contributed by atoms with van der Waals surface area (Å²) < 4.78 is 9.77. The summed E-state index contributed by atoms with van der Waals surface area (Å²) >= 11 is 5.95. The van der Waals surface area contributed by atoms with Crippen LogP contribution in [-0.4, -0.2) is 18.8 Å². The molecule has 4 heterocycles. The second-order valence-electron chi connectivity index (χ2n) is 4.97. The lowest BCUT2D eigenvalue weighted by atomic mass is 10.2. The van der Waals surface area contributed by atoms with E-state index in [0.717, 1.165) is 22.2 Å². The minimum Gasteiger partial charge on any atom is -0.459 e. The smallest absolute Gasteiger partial charge is 0.301 e. The van der Waals surface area contributed by atoms with Gasteiger partial charge in [-0.05, 0) is 17.7 Å². The van der Waals surface area contributed by atoms with Crippen molar-refractivity contribution in [3.05, 3.63) is 66.5 Å². The number of ether oxygens (including phenoxy) is 1. The number of nitrogens with zero attached hydrogens (tertiary/aromatic N) is 4. The molecule has 5 nitrogen and oxygen atoms in total. The van der Waals surface area contributed by atoms with E-state index in [9.17, 15) is 0 Å². The maximum Gasteiger partial charge on any atom is 0.301 e. The topological polar surface area (TPSA) is 43.8 Å². The molecular formula is C16H13ClN4O. The molecule has 0 saturated carbocycles. The van der Waals surface area contributed by atoms with Crippen LogP contribution < -0.4 is 4.74 Å². The molecular weight excluding hydrogens is 300 g/mol. The molecule has 0 amide bonds. The molecule has 0 aliphatic rings. The molecule has 4 rings (SSSR count). The Bertz CT molecular complexity index is 944. The standard InChI is InChI=1S/C16H13ClN4O/c17-7-12-3-2-6-21-15(12)9-19-16(21)22-10-13-4-1-5-20-11-18-8-14(13)20/h1-6,8-9,11H,7,10H2. The average molecular weight is 313 g/mol. The minimum atomic E-state index is 0.431. The van der Waals surface area contributed by atoms with Crippen LogP contribution in [0.4, 0.5) is 0 Å².